The van der Waals surface area contributed by atoms with Gasteiger partial charge < -0.3 is 11.1 Å². The van der Waals surface area contributed by atoms with Gasteiger partial charge in [0.15, 0.2) is 0 Å². The minimum absolute atomic E-state index is 0.203. The van der Waals surface area contributed by atoms with E-state index in [0.717, 1.165) is 0 Å². The number of thiocarbonyl (C=S) groups is 1. The molecule has 1 heterocycles. The van der Waals surface area contributed by atoms with Crippen LogP contribution in [0.2, 0.25) is 0 Å². The molecule has 1 rings (SSSR count). The van der Waals surface area contributed by atoms with Crippen molar-refractivity contribution in [2.75, 3.05) is 0 Å². The maximum absolute atomic E-state index is 11.6. The average Bonchev–Trinajstić information content (AvgIpc) is 2.54. The van der Waals surface area contributed by atoms with Gasteiger partial charge >= 0.3 is 0 Å². The van der Waals surface area contributed by atoms with Gasteiger partial charge in [0.25, 0.3) is 5.91 Å². The molecule has 4 nitrogen and oxygen atoms in total. The van der Waals surface area contributed by atoms with Crippen LogP contribution in [0, 0.1) is 0 Å². The van der Waals surface area contributed by atoms with Gasteiger partial charge in [-0.25, -0.2) is 0 Å². The van der Waals surface area contributed by atoms with Gasteiger partial charge in [0.1, 0.15) is 4.88 Å². The van der Waals surface area contributed by atoms with Crippen molar-refractivity contribution in [3.63, 3.8) is 0 Å². The molecule has 0 aliphatic heterocycles. The Kier molecular flexibility index (Phi) is 3.17. The number of aromatic nitrogens is 1. The Labute approximate surface area is 91.5 Å². The van der Waals surface area contributed by atoms with Gasteiger partial charge in [-0.3, -0.25) is 9.78 Å². The molecule has 0 aliphatic carbocycles. The molecule has 0 saturated carbocycles. The third-order valence-electron chi connectivity index (χ3n) is 1.70. The number of nitrogens with one attached hydrogen (secondary N) is 1. The SMILES string of the molecule is CC(C)(NC(=O)c1cncs1)C(N)=S. The minimum atomic E-state index is -0.670. The number of nitrogens with two attached hydrogens (primary N) is 1. The number of nitrogens with zero attached hydrogens (tertiary/aromatic N) is 1. The topological polar surface area (TPSA) is 68.0 Å². The molecule has 14 heavy (non-hydrogen) atoms. The second-order valence-electron chi connectivity index (χ2n) is 3.31. The van der Waals surface area contributed by atoms with Crippen LogP contribution in [-0.2, 0) is 0 Å². The van der Waals surface area contributed by atoms with E-state index in [9.17, 15) is 4.79 Å². The van der Waals surface area contributed by atoms with E-state index in [2.05, 4.69) is 10.3 Å². The molecular weight excluding hydrogens is 218 g/mol. The number of amides is 1. The van der Waals surface area contributed by atoms with Crippen molar-refractivity contribution in [2.45, 2.75) is 19.4 Å². The molecule has 0 saturated heterocycles. The molecule has 0 unspecified atom stereocenters. The standard InChI is InChI=1S/C8H11N3OS2/c1-8(2,7(9)13)11-6(12)5-3-10-4-14-5/h3-4H,1-2H3,(H2,9,13)(H,11,12). The fraction of sp³-hybridized carbons (Fsp3) is 0.375. The van der Waals surface area contributed by atoms with E-state index in [-0.39, 0.29) is 10.9 Å². The van der Waals surface area contributed by atoms with Crippen LogP contribution < -0.4 is 11.1 Å². The molecule has 0 fully saturated rings. The normalized spacial score (nSPS) is 11.0. The molecule has 0 aliphatic rings. The first-order chi connectivity index (χ1) is 6.43. The highest BCUT2D eigenvalue weighted by Gasteiger charge is 2.24. The second-order valence-corrected chi connectivity index (χ2v) is 4.64. The van der Waals surface area contributed by atoms with Gasteiger partial charge in [0, 0.05) is 0 Å². The Morgan fingerprint density at radius 3 is 2.79 bits per heavy atom. The molecule has 1 aromatic heterocycles. The van der Waals surface area contributed by atoms with Crippen molar-refractivity contribution in [2.24, 2.45) is 5.73 Å². The zero-order chi connectivity index (χ0) is 10.8. The molecule has 3 N–H and O–H groups in total. The first-order valence-electron chi connectivity index (χ1n) is 3.94. The quantitative estimate of drug-likeness (QED) is 0.757. The Balaban J connectivity index is 2.71. The molecule has 1 amide bonds. The van der Waals surface area contributed by atoms with Crippen LogP contribution in [0.1, 0.15) is 23.5 Å². The molecule has 0 spiro atoms. The molecule has 0 atom stereocenters. The van der Waals surface area contributed by atoms with Gasteiger partial charge in [-0.1, -0.05) is 12.2 Å². The van der Waals surface area contributed by atoms with Gasteiger partial charge in [-0.05, 0) is 13.8 Å². The maximum Gasteiger partial charge on any atom is 0.263 e. The number of thiazole rings is 1. The van der Waals surface area contributed by atoms with E-state index in [0.29, 0.717) is 4.88 Å². The van der Waals surface area contributed by atoms with E-state index in [4.69, 9.17) is 18.0 Å². The first kappa shape index (κ1) is 11.1. The van der Waals surface area contributed by atoms with Gasteiger partial charge in [-0.2, -0.15) is 0 Å². The lowest BCUT2D eigenvalue weighted by Crippen LogP contribution is -2.51. The highest BCUT2D eigenvalue weighted by atomic mass is 32.1. The molecule has 1 aromatic rings. The predicted octanol–water partition coefficient (Wildman–Crippen LogP) is 0.938. The first-order valence-corrected chi connectivity index (χ1v) is 5.23. The summed E-state index contributed by atoms with van der Waals surface area (Å²) in [7, 11) is 0. The summed E-state index contributed by atoms with van der Waals surface area (Å²) in [6, 6.07) is 0. The van der Waals surface area contributed by atoms with Crippen LogP contribution >= 0.6 is 23.6 Å². The summed E-state index contributed by atoms with van der Waals surface area (Å²) in [5.74, 6) is -0.203. The van der Waals surface area contributed by atoms with Crippen LogP contribution in [0.15, 0.2) is 11.7 Å². The van der Waals surface area contributed by atoms with Crippen molar-refractivity contribution >= 4 is 34.5 Å². The predicted molar refractivity (Wildman–Crippen MR) is 60.4 cm³/mol. The highest BCUT2D eigenvalue weighted by Crippen LogP contribution is 2.09. The number of hydrogen-bond acceptors (Lipinski definition) is 4. The van der Waals surface area contributed by atoms with E-state index in [1.54, 1.807) is 19.4 Å². The third-order valence-corrected chi connectivity index (χ3v) is 2.98. The van der Waals surface area contributed by atoms with Crippen molar-refractivity contribution in [3.05, 3.63) is 16.6 Å². The zero-order valence-corrected chi connectivity index (χ0v) is 9.54. The fourth-order valence-electron chi connectivity index (χ4n) is 0.735. The van der Waals surface area contributed by atoms with Gasteiger partial charge in [0.05, 0.1) is 22.2 Å². The van der Waals surface area contributed by atoms with Crippen LogP contribution in [0.3, 0.4) is 0 Å². The van der Waals surface area contributed by atoms with E-state index in [1.807, 2.05) is 0 Å². The molecule has 0 bridgehead atoms. The molecule has 0 aromatic carbocycles. The summed E-state index contributed by atoms with van der Waals surface area (Å²) in [6.07, 6.45) is 1.51. The van der Waals surface area contributed by atoms with Crippen LogP contribution in [-0.4, -0.2) is 21.4 Å². The smallest absolute Gasteiger partial charge is 0.263 e. The number of carbonyl (C=O) groups excluding carboxylic acids is 1. The Morgan fingerprint density at radius 2 is 2.36 bits per heavy atom. The monoisotopic (exact) mass is 229 g/mol. The summed E-state index contributed by atoms with van der Waals surface area (Å²) in [4.78, 5) is 16.2. The van der Waals surface area contributed by atoms with Crippen LogP contribution in [0.5, 0.6) is 0 Å². The molecule has 0 radical (unpaired) electrons. The zero-order valence-electron chi connectivity index (χ0n) is 7.90. The number of hydrogen-bond donors (Lipinski definition) is 2. The summed E-state index contributed by atoms with van der Waals surface area (Å²) in [5.41, 5.74) is 6.41. The Morgan fingerprint density at radius 1 is 1.71 bits per heavy atom. The molecule has 76 valence electrons. The number of rotatable bonds is 3. The van der Waals surface area contributed by atoms with Crippen LogP contribution in [0.25, 0.3) is 0 Å². The summed E-state index contributed by atoms with van der Waals surface area (Å²) in [6.45, 7) is 3.52. The number of carbonyl (C=O) groups is 1. The summed E-state index contributed by atoms with van der Waals surface area (Å²) in [5, 5.41) is 2.72. The Hall–Kier alpha value is -1.01. The van der Waals surface area contributed by atoms with E-state index >= 15 is 0 Å². The maximum atomic E-state index is 11.6. The molecule has 6 heteroatoms. The molecular formula is C8H11N3OS2. The van der Waals surface area contributed by atoms with Crippen LogP contribution in [0.4, 0.5) is 0 Å². The fourth-order valence-corrected chi connectivity index (χ4v) is 1.30. The minimum Gasteiger partial charge on any atom is -0.391 e. The Bertz CT molecular complexity index is 345. The lowest BCUT2D eigenvalue weighted by Gasteiger charge is -2.24. The largest absolute Gasteiger partial charge is 0.391 e. The van der Waals surface area contributed by atoms with Crippen molar-refractivity contribution in [1.29, 1.82) is 0 Å². The highest BCUT2D eigenvalue weighted by molar-refractivity contribution is 7.80. The lowest BCUT2D eigenvalue weighted by molar-refractivity contribution is 0.0936. The van der Waals surface area contributed by atoms with Crippen molar-refractivity contribution in [1.82, 2.24) is 10.3 Å². The average molecular weight is 229 g/mol. The summed E-state index contributed by atoms with van der Waals surface area (Å²) < 4.78 is 0. The van der Waals surface area contributed by atoms with E-state index in [1.165, 1.54) is 17.5 Å². The van der Waals surface area contributed by atoms with Gasteiger partial charge in [0.2, 0.25) is 0 Å². The lowest BCUT2D eigenvalue weighted by atomic mass is 10.1. The summed E-state index contributed by atoms with van der Waals surface area (Å²) >= 11 is 6.11. The van der Waals surface area contributed by atoms with Crippen molar-refractivity contribution < 1.29 is 4.79 Å². The van der Waals surface area contributed by atoms with E-state index < -0.39 is 5.54 Å². The van der Waals surface area contributed by atoms with Crippen molar-refractivity contribution in [3.8, 4) is 0 Å². The van der Waals surface area contributed by atoms with Gasteiger partial charge in [-0.15, -0.1) is 11.3 Å². The third kappa shape index (κ3) is 2.49. The second kappa shape index (κ2) is 4.02.